The molecule has 0 N–H and O–H groups in total. The van der Waals surface area contributed by atoms with E-state index in [1.807, 2.05) is 0 Å². The molecule has 0 fully saturated rings. The Morgan fingerprint density at radius 2 is 1.46 bits per heavy atom. The Hall–Kier alpha value is -2.29. The van der Waals surface area contributed by atoms with Crippen LogP contribution in [-0.2, 0) is 22.0 Å². The largest absolute Gasteiger partial charge is 0.333 e. The number of imidazole rings is 1. The van der Waals surface area contributed by atoms with Gasteiger partial charge in [-0.2, -0.15) is 4.57 Å². The van der Waals surface area contributed by atoms with Crippen LogP contribution in [-0.4, -0.2) is 11.6 Å². The summed E-state index contributed by atoms with van der Waals surface area (Å²) in [5.41, 5.74) is 10.7. The molecule has 1 aromatic heterocycles. The smallest absolute Gasteiger partial charge is 0.294 e. The number of benzene rings is 2. The molecule has 3 aromatic rings. The van der Waals surface area contributed by atoms with Crippen molar-refractivity contribution in [3.63, 3.8) is 0 Å². The maximum absolute atomic E-state index is 2.87. The van der Waals surface area contributed by atoms with Gasteiger partial charge < -0.3 is 4.90 Å². The third kappa shape index (κ3) is 3.14. The van der Waals surface area contributed by atoms with E-state index in [9.17, 15) is 0 Å². The Balaban J connectivity index is 1.77. The minimum atomic E-state index is -0.187. The molecule has 3 nitrogen and oxygen atoms in total. The van der Waals surface area contributed by atoms with E-state index in [0.717, 1.165) is 19.3 Å². The zero-order valence-corrected chi connectivity index (χ0v) is 28.3. The van der Waals surface area contributed by atoms with Crippen molar-refractivity contribution in [2.45, 2.75) is 149 Å². The molecule has 2 aromatic carbocycles. The molecule has 3 heterocycles. The lowest BCUT2D eigenvalue weighted by molar-refractivity contribution is -0.726. The van der Waals surface area contributed by atoms with Crippen LogP contribution in [0, 0.1) is 5.41 Å². The van der Waals surface area contributed by atoms with Crippen molar-refractivity contribution in [2.75, 3.05) is 11.9 Å². The monoisotopic (exact) mass is 554 g/mol. The minimum Gasteiger partial charge on any atom is -0.333 e. The van der Waals surface area contributed by atoms with Crippen molar-refractivity contribution < 1.29 is 4.57 Å². The highest BCUT2D eigenvalue weighted by molar-refractivity contribution is 5.87. The third-order valence-electron chi connectivity index (χ3n) is 13.5. The van der Waals surface area contributed by atoms with E-state index < -0.39 is 0 Å². The maximum Gasteiger partial charge on any atom is 0.294 e. The molecule has 2 aliphatic heterocycles. The predicted molar refractivity (Wildman–Crippen MR) is 175 cm³/mol. The standard InChI is InChI=1S/C38H56N3/c1-13-17-18-22-37(11)34(5,6)27-23-30-31(24-28(27)35(37,7)8)41-33-32-25(26(14-2)38(41,15-3)16-4)20-19-21-29(32)39(12)36(9,10)40(30)33/h19-21,23-24,26H,13-18,22H2,1-12H3/q+1. The Kier molecular flexibility index (Phi) is 6.23. The van der Waals surface area contributed by atoms with Crippen molar-refractivity contribution in [2.24, 2.45) is 5.41 Å². The second kappa shape index (κ2) is 8.87. The lowest BCUT2D eigenvalue weighted by Gasteiger charge is -2.48. The lowest BCUT2D eigenvalue weighted by atomic mass is 9.56. The molecule has 0 amide bonds. The van der Waals surface area contributed by atoms with Gasteiger partial charge in [-0.1, -0.05) is 93.7 Å². The van der Waals surface area contributed by atoms with Crippen LogP contribution in [0.3, 0.4) is 0 Å². The summed E-state index contributed by atoms with van der Waals surface area (Å²) in [7, 11) is 2.31. The molecule has 1 aliphatic carbocycles. The van der Waals surface area contributed by atoms with Crippen LogP contribution in [0.2, 0.25) is 0 Å². The summed E-state index contributed by atoms with van der Waals surface area (Å²) in [5.74, 6) is 1.93. The fraction of sp³-hybridized carbons (Fsp3) is 0.658. The molecule has 0 saturated heterocycles. The van der Waals surface area contributed by atoms with Crippen molar-refractivity contribution in [3.05, 3.63) is 47.0 Å². The van der Waals surface area contributed by atoms with Crippen molar-refractivity contribution in [1.29, 1.82) is 0 Å². The summed E-state index contributed by atoms with van der Waals surface area (Å²) in [6, 6.07) is 12.4. The van der Waals surface area contributed by atoms with E-state index in [4.69, 9.17) is 0 Å². The Labute approximate surface area is 250 Å². The first-order chi connectivity index (χ1) is 19.2. The summed E-state index contributed by atoms with van der Waals surface area (Å²) in [6.45, 7) is 27.3. The van der Waals surface area contributed by atoms with Gasteiger partial charge in [0.25, 0.3) is 5.82 Å². The van der Waals surface area contributed by atoms with Gasteiger partial charge in [-0.05, 0) is 90.7 Å². The fourth-order valence-electron chi connectivity index (χ4n) is 10.2. The highest BCUT2D eigenvalue weighted by atomic mass is 15.4. The van der Waals surface area contributed by atoms with Gasteiger partial charge in [0, 0.05) is 13.0 Å². The maximum atomic E-state index is 2.87. The number of anilines is 1. The van der Waals surface area contributed by atoms with Crippen molar-refractivity contribution in [1.82, 2.24) is 4.57 Å². The van der Waals surface area contributed by atoms with Crippen LogP contribution >= 0.6 is 0 Å². The summed E-state index contributed by atoms with van der Waals surface area (Å²) in [6.07, 6.45) is 8.63. The molecule has 41 heavy (non-hydrogen) atoms. The number of aromatic nitrogens is 2. The average Bonchev–Trinajstić information content (AvgIpc) is 3.34. The first-order valence-electron chi connectivity index (χ1n) is 16.8. The molecule has 0 spiro atoms. The zero-order valence-electron chi connectivity index (χ0n) is 28.3. The first-order valence-corrected chi connectivity index (χ1v) is 16.8. The molecule has 2 unspecified atom stereocenters. The topological polar surface area (TPSA) is 12.0 Å². The molecule has 3 aliphatic rings. The predicted octanol–water partition coefficient (Wildman–Crippen LogP) is 9.92. The van der Waals surface area contributed by atoms with Crippen molar-refractivity contribution in [3.8, 4) is 11.4 Å². The number of rotatable bonds is 7. The number of hydrogen-bond donors (Lipinski definition) is 0. The van der Waals surface area contributed by atoms with Gasteiger partial charge in [0.1, 0.15) is 5.54 Å². The minimum absolute atomic E-state index is 0.0577. The van der Waals surface area contributed by atoms with Crippen LogP contribution in [0.15, 0.2) is 30.3 Å². The van der Waals surface area contributed by atoms with Crippen LogP contribution in [0.1, 0.15) is 144 Å². The van der Waals surface area contributed by atoms with Gasteiger partial charge in [-0.25, -0.2) is 4.57 Å². The highest BCUT2D eigenvalue weighted by Gasteiger charge is 2.61. The highest BCUT2D eigenvalue weighted by Crippen LogP contribution is 2.65. The Bertz CT molecular complexity index is 1530. The van der Waals surface area contributed by atoms with Gasteiger partial charge in [0.05, 0.1) is 11.3 Å². The second-order valence-corrected chi connectivity index (χ2v) is 15.5. The van der Waals surface area contributed by atoms with E-state index in [-0.39, 0.29) is 27.4 Å². The number of nitrogens with zero attached hydrogens (tertiary/aromatic N) is 3. The molecule has 0 saturated carbocycles. The molecule has 3 heteroatoms. The van der Waals surface area contributed by atoms with E-state index in [1.165, 1.54) is 53.8 Å². The SMILES string of the molecule is CCCCCC1(C)C(C)(C)c2cc3c(cc2C1(C)C)[n+]1c2n3C(CC)(CC)C(CC)c3cccc(c3-2)N(C)C1(C)C. The molecular formula is C38H56N3+. The van der Waals surface area contributed by atoms with Crippen LogP contribution in [0.5, 0.6) is 0 Å². The van der Waals surface area contributed by atoms with Gasteiger partial charge in [-0.15, -0.1) is 0 Å². The van der Waals surface area contributed by atoms with Gasteiger partial charge in [0.15, 0.2) is 16.7 Å². The van der Waals surface area contributed by atoms with E-state index >= 15 is 0 Å². The van der Waals surface area contributed by atoms with E-state index in [0.29, 0.717) is 5.92 Å². The quantitative estimate of drug-likeness (QED) is 0.209. The Morgan fingerprint density at radius 3 is 2.05 bits per heavy atom. The molecule has 0 bridgehead atoms. The van der Waals surface area contributed by atoms with Crippen LogP contribution < -0.4 is 9.47 Å². The fourth-order valence-corrected chi connectivity index (χ4v) is 10.2. The first kappa shape index (κ1) is 28.8. The van der Waals surface area contributed by atoms with Gasteiger partial charge in [0.2, 0.25) is 0 Å². The third-order valence-corrected chi connectivity index (χ3v) is 13.5. The van der Waals surface area contributed by atoms with Crippen molar-refractivity contribution >= 4 is 16.7 Å². The van der Waals surface area contributed by atoms with Gasteiger partial charge >= 0.3 is 0 Å². The second-order valence-electron chi connectivity index (χ2n) is 15.5. The lowest BCUT2D eigenvalue weighted by Crippen LogP contribution is -2.65. The average molecular weight is 555 g/mol. The molecule has 222 valence electrons. The number of hydrogen-bond acceptors (Lipinski definition) is 1. The summed E-state index contributed by atoms with van der Waals surface area (Å²) < 4.78 is 5.60. The van der Waals surface area contributed by atoms with Crippen LogP contribution in [0.4, 0.5) is 5.69 Å². The summed E-state index contributed by atoms with van der Waals surface area (Å²) in [4.78, 5) is 2.54. The summed E-state index contributed by atoms with van der Waals surface area (Å²) in [5, 5.41) is 0. The van der Waals surface area contributed by atoms with E-state index in [1.54, 1.807) is 16.7 Å². The van der Waals surface area contributed by atoms with Gasteiger partial charge in [-0.3, -0.25) is 0 Å². The number of fused-ring (bicyclic) bond motifs is 4. The normalized spacial score (nSPS) is 25.9. The zero-order chi connectivity index (χ0) is 29.9. The van der Waals surface area contributed by atoms with Crippen LogP contribution in [0.25, 0.3) is 22.4 Å². The molecule has 0 radical (unpaired) electrons. The Morgan fingerprint density at radius 1 is 0.829 bits per heavy atom. The molecule has 6 rings (SSSR count). The number of unbranched alkanes of at least 4 members (excludes halogenated alkanes) is 2. The summed E-state index contributed by atoms with van der Waals surface area (Å²) >= 11 is 0. The van der Waals surface area contributed by atoms with E-state index in [2.05, 4.69) is 128 Å². The molecule has 2 atom stereocenters. The molecular weight excluding hydrogens is 498 g/mol.